The molecule has 1 aromatic heterocycles. The fraction of sp³-hybridized carbons (Fsp3) is 0.467. The van der Waals surface area contributed by atoms with Crippen LogP contribution < -0.4 is 5.73 Å². The van der Waals surface area contributed by atoms with Gasteiger partial charge in [-0.2, -0.15) is 0 Å². The molecule has 2 rings (SSSR count). The number of furan rings is 1. The van der Waals surface area contributed by atoms with Gasteiger partial charge in [0.2, 0.25) is 0 Å². The number of aryl methyl sites for hydroxylation is 2. The lowest BCUT2D eigenvalue weighted by molar-refractivity contribution is 0.534. The fourth-order valence-corrected chi connectivity index (χ4v) is 2.41. The molecule has 2 nitrogen and oxygen atoms in total. The van der Waals surface area contributed by atoms with Gasteiger partial charge in [0.15, 0.2) is 0 Å². The van der Waals surface area contributed by atoms with Gasteiger partial charge in [0.05, 0.1) is 6.54 Å². The Kier molecular flexibility index (Phi) is 3.25. The normalized spacial score (nSPS) is 11.6. The summed E-state index contributed by atoms with van der Waals surface area (Å²) in [5.74, 6) is 1.56. The van der Waals surface area contributed by atoms with E-state index < -0.39 is 0 Å². The molecule has 1 heterocycles. The smallest absolute Gasteiger partial charge is 0.137 e. The van der Waals surface area contributed by atoms with Crippen LogP contribution >= 0.6 is 0 Å². The monoisotopic (exact) mass is 231 g/mol. The predicted octanol–water partition coefficient (Wildman–Crippen LogP) is 3.71. The molecule has 0 spiro atoms. The van der Waals surface area contributed by atoms with Gasteiger partial charge in [0, 0.05) is 10.9 Å². The molecule has 0 amide bonds. The van der Waals surface area contributed by atoms with Crippen molar-refractivity contribution in [3.05, 3.63) is 34.6 Å². The second-order valence-electron chi connectivity index (χ2n) is 5.21. The van der Waals surface area contributed by atoms with Crippen LogP contribution in [0.25, 0.3) is 11.0 Å². The molecule has 2 N–H and O–H groups in total. The highest BCUT2D eigenvalue weighted by Crippen LogP contribution is 2.32. The molecule has 0 saturated carbocycles. The van der Waals surface area contributed by atoms with Crippen LogP contribution in [0.2, 0.25) is 0 Å². The molecule has 17 heavy (non-hydrogen) atoms. The van der Waals surface area contributed by atoms with E-state index in [1.165, 1.54) is 22.1 Å². The van der Waals surface area contributed by atoms with Crippen LogP contribution in [0.5, 0.6) is 0 Å². The van der Waals surface area contributed by atoms with Crippen molar-refractivity contribution < 1.29 is 4.42 Å². The first-order valence-corrected chi connectivity index (χ1v) is 6.25. The third-order valence-electron chi connectivity index (χ3n) is 3.22. The number of nitrogens with two attached hydrogens (primary N) is 1. The molecule has 1 aromatic carbocycles. The summed E-state index contributed by atoms with van der Waals surface area (Å²) < 4.78 is 5.94. The topological polar surface area (TPSA) is 39.2 Å². The van der Waals surface area contributed by atoms with Crippen molar-refractivity contribution in [3.8, 4) is 0 Å². The van der Waals surface area contributed by atoms with E-state index in [9.17, 15) is 0 Å². The first-order valence-electron chi connectivity index (χ1n) is 6.25. The molecule has 0 saturated heterocycles. The lowest BCUT2D eigenvalue weighted by atomic mass is 9.96. The largest absolute Gasteiger partial charge is 0.459 e. The van der Waals surface area contributed by atoms with Crippen LogP contribution in [0.3, 0.4) is 0 Å². The molecule has 0 unspecified atom stereocenters. The van der Waals surface area contributed by atoms with Gasteiger partial charge in [0.1, 0.15) is 11.3 Å². The lowest BCUT2D eigenvalue weighted by Crippen LogP contribution is -2.02. The Morgan fingerprint density at radius 2 is 1.82 bits per heavy atom. The molecule has 0 aliphatic rings. The molecular formula is C15H21NO. The van der Waals surface area contributed by atoms with E-state index >= 15 is 0 Å². The van der Waals surface area contributed by atoms with E-state index in [-0.39, 0.29) is 0 Å². The van der Waals surface area contributed by atoms with Crippen LogP contribution in [0.15, 0.2) is 16.5 Å². The fourth-order valence-electron chi connectivity index (χ4n) is 2.41. The van der Waals surface area contributed by atoms with Gasteiger partial charge in [0.25, 0.3) is 0 Å². The Bertz CT molecular complexity index is 537. The van der Waals surface area contributed by atoms with Crippen LogP contribution in [0.1, 0.15) is 36.3 Å². The number of fused-ring (bicyclic) bond motifs is 1. The van der Waals surface area contributed by atoms with Crippen LogP contribution in [0, 0.1) is 19.8 Å². The Morgan fingerprint density at radius 1 is 1.18 bits per heavy atom. The lowest BCUT2D eigenvalue weighted by Gasteiger charge is -2.06. The zero-order chi connectivity index (χ0) is 12.6. The highest BCUT2D eigenvalue weighted by Gasteiger charge is 2.17. The van der Waals surface area contributed by atoms with Crippen LogP contribution in [-0.4, -0.2) is 0 Å². The van der Waals surface area contributed by atoms with Crippen molar-refractivity contribution in [2.45, 2.75) is 40.7 Å². The van der Waals surface area contributed by atoms with Gasteiger partial charge in [-0.1, -0.05) is 26.0 Å². The predicted molar refractivity (Wildman–Crippen MR) is 72.1 cm³/mol. The minimum Gasteiger partial charge on any atom is -0.459 e. The molecule has 0 aliphatic heterocycles. The molecule has 2 heteroatoms. The molecular weight excluding hydrogens is 210 g/mol. The Morgan fingerprint density at radius 3 is 2.41 bits per heavy atom. The average Bonchev–Trinajstić information content (AvgIpc) is 2.63. The molecule has 0 atom stereocenters. The van der Waals surface area contributed by atoms with Gasteiger partial charge in [-0.25, -0.2) is 0 Å². The quantitative estimate of drug-likeness (QED) is 0.874. The molecule has 92 valence electrons. The van der Waals surface area contributed by atoms with Gasteiger partial charge in [-0.05, 0) is 37.3 Å². The highest BCUT2D eigenvalue weighted by atomic mass is 16.3. The second-order valence-corrected chi connectivity index (χ2v) is 5.21. The number of benzene rings is 1. The van der Waals surface area contributed by atoms with Crippen molar-refractivity contribution in [1.29, 1.82) is 0 Å². The standard InChI is InChI=1S/C15H21NO/c1-9(2)7-12-13(8-16)17-15-11(4)6-5-10(3)14(12)15/h5-6,9H,7-8,16H2,1-4H3. The summed E-state index contributed by atoms with van der Waals surface area (Å²) >= 11 is 0. The van der Waals surface area contributed by atoms with Crippen LogP contribution in [-0.2, 0) is 13.0 Å². The Balaban J connectivity index is 2.73. The Labute approximate surface area is 103 Å². The first kappa shape index (κ1) is 12.2. The molecule has 0 fully saturated rings. The second kappa shape index (κ2) is 4.53. The van der Waals surface area contributed by atoms with Gasteiger partial charge in [-0.15, -0.1) is 0 Å². The number of hydrogen-bond donors (Lipinski definition) is 1. The minimum atomic E-state index is 0.482. The van der Waals surface area contributed by atoms with Crippen molar-refractivity contribution in [2.24, 2.45) is 11.7 Å². The average molecular weight is 231 g/mol. The number of hydrogen-bond acceptors (Lipinski definition) is 2. The molecule has 0 bridgehead atoms. The zero-order valence-electron chi connectivity index (χ0n) is 11.1. The van der Waals surface area contributed by atoms with Gasteiger partial charge < -0.3 is 10.2 Å². The van der Waals surface area contributed by atoms with E-state index in [0.717, 1.165) is 17.8 Å². The maximum Gasteiger partial charge on any atom is 0.137 e. The summed E-state index contributed by atoms with van der Waals surface area (Å²) in [5.41, 5.74) is 10.6. The molecule has 0 radical (unpaired) electrons. The van der Waals surface area contributed by atoms with E-state index in [2.05, 4.69) is 39.8 Å². The summed E-state index contributed by atoms with van der Waals surface area (Å²) in [6, 6.07) is 4.28. The Hall–Kier alpha value is -1.28. The summed E-state index contributed by atoms with van der Waals surface area (Å²) in [5, 5.41) is 1.28. The zero-order valence-corrected chi connectivity index (χ0v) is 11.1. The van der Waals surface area contributed by atoms with Crippen LogP contribution in [0.4, 0.5) is 0 Å². The molecule has 2 aromatic rings. The summed E-state index contributed by atoms with van der Waals surface area (Å²) in [4.78, 5) is 0. The highest BCUT2D eigenvalue weighted by molar-refractivity contribution is 5.88. The van der Waals surface area contributed by atoms with Crippen molar-refractivity contribution in [3.63, 3.8) is 0 Å². The maximum atomic E-state index is 5.94. The first-order chi connectivity index (χ1) is 8.04. The third kappa shape index (κ3) is 2.09. The van der Waals surface area contributed by atoms with Crippen molar-refractivity contribution in [2.75, 3.05) is 0 Å². The van der Waals surface area contributed by atoms with Gasteiger partial charge in [-0.3, -0.25) is 0 Å². The molecule has 0 aliphatic carbocycles. The van der Waals surface area contributed by atoms with Gasteiger partial charge >= 0.3 is 0 Å². The van der Waals surface area contributed by atoms with E-state index in [0.29, 0.717) is 12.5 Å². The number of rotatable bonds is 3. The van der Waals surface area contributed by atoms with Crippen molar-refractivity contribution in [1.82, 2.24) is 0 Å². The maximum absolute atomic E-state index is 5.94. The van der Waals surface area contributed by atoms with E-state index in [4.69, 9.17) is 10.2 Å². The summed E-state index contributed by atoms with van der Waals surface area (Å²) in [6.07, 6.45) is 1.03. The SMILES string of the molecule is Cc1ccc(C)c2c(CC(C)C)c(CN)oc12. The van der Waals surface area contributed by atoms with E-state index in [1.807, 2.05) is 0 Å². The minimum absolute atomic E-state index is 0.482. The third-order valence-corrected chi connectivity index (χ3v) is 3.22. The summed E-state index contributed by atoms with van der Waals surface area (Å²) in [7, 11) is 0. The van der Waals surface area contributed by atoms with E-state index in [1.54, 1.807) is 0 Å². The van der Waals surface area contributed by atoms with Crippen molar-refractivity contribution >= 4 is 11.0 Å². The summed E-state index contributed by atoms with van der Waals surface area (Å²) in [6.45, 7) is 9.16.